The topological polar surface area (TPSA) is 70.7 Å². The number of urea groups is 1. The fourth-order valence-electron chi connectivity index (χ4n) is 3.87. The van der Waals surface area contributed by atoms with Gasteiger partial charge in [-0.2, -0.15) is 0 Å². The molecular weight excluding hydrogens is 441 g/mol. The minimum atomic E-state index is -0.704. The Balaban J connectivity index is 1.41. The van der Waals surface area contributed by atoms with Crippen LogP contribution in [0.2, 0.25) is 0 Å². The highest BCUT2D eigenvalue weighted by Gasteiger charge is 2.27. The molecule has 1 saturated carbocycles. The molecule has 2 N–H and O–H groups in total. The lowest BCUT2D eigenvalue weighted by atomic mass is 9.95. The molecule has 1 aromatic carbocycles. The van der Waals surface area contributed by atoms with Crippen molar-refractivity contribution in [2.75, 3.05) is 13.1 Å². The van der Waals surface area contributed by atoms with E-state index >= 15 is 0 Å². The van der Waals surface area contributed by atoms with Crippen molar-refractivity contribution in [2.45, 2.75) is 70.1 Å². The first-order valence-corrected chi connectivity index (χ1v) is 11.2. The van der Waals surface area contributed by atoms with Gasteiger partial charge in [-0.25, -0.2) is 9.18 Å². The fraction of sp³-hybridized carbons (Fsp3) is 0.619. The summed E-state index contributed by atoms with van der Waals surface area (Å²) in [5, 5.41) is 6.15. The summed E-state index contributed by atoms with van der Waals surface area (Å²) in [6, 6.07) is 4.42. The zero-order chi connectivity index (χ0) is 20.8. The summed E-state index contributed by atoms with van der Waals surface area (Å²) < 4.78 is 19.3. The minimum absolute atomic E-state index is 0.0135. The van der Waals surface area contributed by atoms with Crippen LogP contribution >= 0.6 is 15.9 Å². The van der Waals surface area contributed by atoms with Crippen molar-refractivity contribution in [1.29, 1.82) is 0 Å². The van der Waals surface area contributed by atoms with Crippen molar-refractivity contribution in [3.63, 3.8) is 0 Å². The number of halogens is 2. The number of hydrogen-bond acceptors (Lipinski definition) is 3. The third-order valence-electron chi connectivity index (χ3n) is 5.63. The van der Waals surface area contributed by atoms with Crippen LogP contribution in [-0.2, 0) is 4.79 Å². The normalized spacial score (nSPS) is 19.5. The molecule has 0 aromatic heterocycles. The molecule has 0 radical (unpaired) electrons. The van der Waals surface area contributed by atoms with Gasteiger partial charge in [0.05, 0.1) is 4.47 Å². The van der Waals surface area contributed by atoms with Crippen LogP contribution in [0.4, 0.5) is 9.18 Å². The molecule has 1 saturated heterocycles. The van der Waals surface area contributed by atoms with E-state index in [0.29, 0.717) is 29.4 Å². The van der Waals surface area contributed by atoms with Crippen molar-refractivity contribution < 1.29 is 18.7 Å². The SMILES string of the molecule is CC(Oc1ccc(F)cc1Br)C(=O)NC1CCN(C(=O)NC2CCCCC2)CC1. The molecule has 8 heteroatoms. The maximum Gasteiger partial charge on any atom is 0.317 e. The summed E-state index contributed by atoms with van der Waals surface area (Å²) in [4.78, 5) is 26.7. The summed E-state index contributed by atoms with van der Waals surface area (Å²) in [5.41, 5.74) is 0. The van der Waals surface area contributed by atoms with Crippen molar-refractivity contribution in [1.82, 2.24) is 15.5 Å². The molecule has 3 amide bonds. The molecule has 3 rings (SSSR count). The lowest BCUT2D eigenvalue weighted by molar-refractivity contribution is -0.128. The second-order valence-electron chi connectivity index (χ2n) is 7.89. The summed E-state index contributed by atoms with van der Waals surface area (Å²) in [6.45, 7) is 2.92. The van der Waals surface area contributed by atoms with E-state index in [1.165, 1.54) is 37.5 Å². The number of hydrogen-bond donors (Lipinski definition) is 2. The molecule has 160 valence electrons. The molecular formula is C21H29BrFN3O3. The van der Waals surface area contributed by atoms with E-state index in [-0.39, 0.29) is 23.8 Å². The monoisotopic (exact) mass is 469 g/mol. The first kappa shape index (κ1) is 21.9. The number of benzene rings is 1. The van der Waals surface area contributed by atoms with Gasteiger partial charge in [0, 0.05) is 25.2 Å². The van der Waals surface area contributed by atoms with Crippen molar-refractivity contribution >= 4 is 27.9 Å². The van der Waals surface area contributed by atoms with Crippen LogP contribution in [0.3, 0.4) is 0 Å². The van der Waals surface area contributed by atoms with Gasteiger partial charge in [-0.15, -0.1) is 0 Å². The first-order chi connectivity index (χ1) is 13.9. The Morgan fingerprint density at radius 3 is 2.41 bits per heavy atom. The number of carbonyl (C=O) groups is 2. The third-order valence-corrected chi connectivity index (χ3v) is 6.25. The maximum absolute atomic E-state index is 13.2. The fourth-order valence-corrected chi connectivity index (χ4v) is 4.32. The molecule has 0 spiro atoms. The third kappa shape index (κ3) is 6.32. The summed E-state index contributed by atoms with van der Waals surface area (Å²) in [6.07, 6.45) is 6.51. The van der Waals surface area contributed by atoms with Crippen LogP contribution in [0.5, 0.6) is 5.75 Å². The van der Waals surface area contributed by atoms with E-state index in [1.807, 2.05) is 4.90 Å². The van der Waals surface area contributed by atoms with Gasteiger partial charge in [-0.3, -0.25) is 4.79 Å². The van der Waals surface area contributed by atoms with Crippen LogP contribution in [0, 0.1) is 5.82 Å². The highest BCUT2D eigenvalue weighted by atomic mass is 79.9. The number of piperidine rings is 1. The molecule has 1 aliphatic heterocycles. The zero-order valence-corrected chi connectivity index (χ0v) is 18.3. The number of nitrogens with one attached hydrogen (secondary N) is 2. The Kier molecular flexibility index (Phi) is 7.75. The number of nitrogens with zero attached hydrogens (tertiary/aromatic N) is 1. The van der Waals surface area contributed by atoms with Gasteiger partial charge < -0.3 is 20.3 Å². The Morgan fingerprint density at radius 1 is 1.10 bits per heavy atom. The number of rotatable bonds is 5. The second kappa shape index (κ2) is 10.3. The Hall–Kier alpha value is -1.83. The van der Waals surface area contributed by atoms with E-state index in [4.69, 9.17) is 4.74 Å². The average Bonchev–Trinajstić information content (AvgIpc) is 2.71. The molecule has 1 heterocycles. The van der Waals surface area contributed by atoms with Crippen molar-refractivity contribution in [3.05, 3.63) is 28.5 Å². The van der Waals surface area contributed by atoms with E-state index in [2.05, 4.69) is 26.6 Å². The largest absolute Gasteiger partial charge is 0.480 e. The quantitative estimate of drug-likeness (QED) is 0.684. The lowest BCUT2D eigenvalue weighted by Gasteiger charge is -2.34. The molecule has 1 unspecified atom stereocenters. The zero-order valence-electron chi connectivity index (χ0n) is 16.8. The molecule has 1 aliphatic carbocycles. The van der Waals surface area contributed by atoms with Gasteiger partial charge in [0.1, 0.15) is 11.6 Å². The van der Waals surface area contributed by atoms with Gasteiger partial charge >= 0.3 is 6.03 Å². The van der Waals surface area contributed by atoms with E-state index in [9.17, 15) is 14.0 Å². The number of likely N-dealkylation sites (tertiary alicyclic amines) is 1. The first-order valence-electron chi connectivity index (χ1n) is 10.4. The Labute approximate surface area is 179 Å². The Bertz CT molecular complexity index is 719. The van der Waals surface area contributed by atoms with E-state index in [0.717, 1.165) is 25.7 Å². The van der Waals surface area contributed by atoms with Gasteiger partial charge in [-0.1, -0.05) is 19.3 Å². The van der Waals surface area contributed by atoms with Gasteiger partial charge in [0.2, 0.25) is 0 Å². The maximum atomic E-state index is 13.2. The predicted molar refractivity (Wildman–Crippen MR) is 112 cm³/mol. The highest BCUT2D eigenvalue weighted by Crippen LogP contribution is 2.26. The predicted octanol–water partition coefficient (Wildman–Crippen LogP) is 3.98. The molecule has 29 heavy (non-hydrogen) atoms. The standard InChI is InChI=1S/C21H29BrFN3O3/c1-14(29-19-8-7-15(23)13-18(19)22)20(27)24-17-9-11-26(12-10-17)21(28)25-16-5-3-2-4-6-16/h7-8,13-14,16-17H,2-6,9-12H2,1H3,(H,24,27)(H,25,28). The van der Waals surface area contributed by atoms with Crippen LogP contribution in [0.1, 0.15) is 51.9 Å². The minimum Gasteiger partial charge on any atom is -0.480 e. The van der Waals surface area contributed by atoms with Gasteiger partial charge in [0.25, 0.3) is 5.91 Å². The van der Waals surface area contributed by atoms with Crippen molar-refractivity contribution in [3.8, 4) is 5.75 Å². The molecule has 6 nitrogen and oxygen atoms in total. The molecule has 2 aliphatic rings. The van der Waals surface area contributed by atoms with Crippen molar-refractivity contribution in [2.24, 2.45) is 0 Å². The molecule has 0 bridgehead atoms. The van der Waals surface area contributed by atoms with Gasteiger partial charge in [-0.05, 0) is 66.7 Å². The number of ether oxygens (including phenoxy) is 1. The van der Waals surface area contributed by atoms with Gasteiger partial charge in [0.15, 0.2) is 6.10 Å². The Morgan fingerprint density at radius 2 is 1.76 bits per heavy atom. The second-order valence-corrected chi connectivity index (χ2v) is 8.74. The number of amides is 3. The highest BCUT2D eigenvalue weighted by molar-refractivity contribution is 9.10. The molecule has 1 atom stereocenters. The van der Waals surface area contributed by atoms with Crippen LogP contribution in [0.25, 0.3) is 0 Å². The number of carbonyl (C=O) groups excluding carboxylic acids is 2. The lowest BCUT2D eigenvalue weighted by Crippen LogP contribution is -2.52. The van der Waals surface area contributed by atoms with Crippen LogP contribution in [-0.4, -0.2) is 48.1 Å². The average molecular weight is 470 g/mol. The summed E-state index contributed by atoms with van der Waals surface area (Å²) in [7, 11) is 0. The van der Waals surface area contributed by atoms with E-state index in [1.54, 1.807) is 6.92 Å². The molecule has 1 aromatic rings. The summed E-state index contributed by atoms with van der Waals surface area (Å²) in [5.74, 6) is -0.171. The molecule has 2 fully saturated rings. The smallest absolute Gasteiger partial charge is 0.317 e. The summed E-state index contributed by atoms with van der Waals surface area (Å²) >= 11 is 3.24. The van der Waals surface area contributed by atoms with Crippen LogP contribution in [0.15, 0.2) is 22.7 Å². The van der Waals surface area contributed by atoms with Crippen LogP contribution < -0.4 is 15.4 Å². The van der Waals surface area contributed by atoms with E-state index < -0.39 is 6.10 Å².